The summed E-state index contributed by atoms with van der Waals surface area (Å²) in [6, 6.07) is 9.47. The van der Waals surface area contributed by atoms with Crippen molar-refractivity contribution in [1.82, 2.24) is 15.1 Å². The molecule has 1 aliphatic rings. The van der Waals surface area contributed by atoms with Crippen molar-refractivity contribution < 1.29 is 9.90 Å². The summed E-state index contributed by atoms with van der Waals surface area (Å²) in [5.74, 6) is 0.704. The lowest BCUT2D eigenvalue weighted by atomic mass is 9.96. The fourth-order valence-electron chi connectivity index (χ4n) is 3.45. The Morgan fingerprint density at radius 2 is 2.04 bits per heavy atom. The summed E-state index contributed by atoms with van der Waals surface area (Å²) in [6.45, 7) is 2.11. The Morgan fingerprint density at radius 1 is 1.28 bits per heavy atom. The van der Waals surface area contributed by atoms with Gasteiger partial charge < -0.3 is 10.4 Å². The Balaban J connectivity index is 1.55. The van der Waals surface area contributed by atoms with Gasteiger partial charge in [-0.1, -0.05) is 43.5 Å². The van der Waals surface area contributed by atoms with Crippen LogP contribution in [0.25, 0.3) is 0 Å². The van der Waals surface area contributed by atoms with E-state index in [2.05, 4.69) is 15.7 Å². The second-order valence-corrected chi connectivity index (χ2v) is 6.66. The number of aryl methyl sites for hydroxylation is 1. The highest BCUT2D eigenvalue weighted by molar-refractivity contribution is 5.88. The first-order valence-corrected chi connectivity index (χ1v) is 8.97. The minimum absolute atomic E-state index is 0.161. The molecule has 6 nitrogen and oxygen atoms in total. The summed E-state index contributed by atoms with van der Waals surface area (Å²) in [5, 5.41) is 20.2. The van der Waals surface area contributed by atoms with E-state index >= 15 is 0 Å². The maximum Gasteiger partial charge on any atom is 0.320 e. The fraction of sp³-hybridized carbons (Fsp3) is 0.474. The van der Waals surface area contributed by atoms with Crippen LogP contribution in [-0.4, -0.2) is 27.5 Å². The molecule has 1 aliphatic carbocycles. The Labute approximate surface area is 148 Å². The van der Waals surface area contributed by atoms with Crippen molar-refractivity contribution in [2.75, 3.05) is 11.9 Å². The maximum atomic E-state index is 12.2. The van der Waals surface area contributed by atoms with Crippen molar-refractivity contribution in [3.8, 4) is 0 Å². The monoisotopic (exact) mass is 342 g/mol. The lowest BCUT2D eigenvalue weighted by Gasteiger charge is -2.24. The van der Waals surface area contributed by atoms with Crippen LogP contribution < -0.4 is 10.6 Å². The Bertz CT molecular complexity index is 707. The van der Waals surface area contributed by atoms with E-state index in [1.807, 2.05) is 41.9 Å². The Morgan fingerprint density at radius 3 is 2.80 bits per heavy atom. The number of aromatic nitrogens is 2. The van der Waals surface area contributed by atoms with Gasteiger partial charge in [-0.15, -0.1) is 0 Å². The average molecular weight is 342 g/mol. The Kier molecular flexibility index (Phi) is 5.71. The number of hydrogen-bond acceptors (Lipinski definition) is 3. The number of benzene rings is 1. The van der Waals surface area contributed by atoms with Gasteiger partial charge in [-0.05, 0) is 30.9 Å². The van der Waals surface area contributed by atoms with Gasteiger partial charge >= 0.3 is 6.03 Å². The summed E-state index contributed by atoms with van der Waals surface area (Å²) >= 11 is 0. The van der Waals surface area contributed by atoms with Crippen molar-refractivity contribution in [2.45, 2.75) is 51.2 Å². The van der Waals surface area contributed by atoms with Gasteiger partial charge in [-0.2, -0.15) is 5.10 Å². The molecule has 2 amide bonds. The summed E-state index contributed by atoms with van der Waals surface area (Å²) in [7, 11) is 0. The van der Waals surface area contributed by atoms with E-state index < -0.39 is 6.10 Å². The molecule has 0 radical (unpaired) electrons. The molecule has 0 spiro atoms. The summed E-state index contributed by atoms with van der Waals surface area (Å²) in [6.07, 6.45) is 6.88. The number of nitrogens with one attached hydrogen (secondary N) is 2. The van der Waals surface area contributed by atoms with E-state index in [4.69, 9.17) is 0 Å². The molecular weight excluding hydrogens is 316 g/mol. The predicted octanol–water partition coefficient (Wildman–Crippen LogP) is 3.55. The number of nitrogens with zero attached hydrogens (tertiary/aromatic N) is 2. The van der Waals surface area contributed by atoms with Crippen molar-refractivity contribution in [3.05, 3.63) is 47.7 Å². The molecule has 2 aromatic rings. The predicted molar refractivity (Wildman–Crippen MR) is 97.5 cm³/mol. The third-order valence-corrected chi connectivity index (χ3v) is 4.84. The maximum absolute atomic E-state index is 12.2. The van der Waals surface area contributed by atoms with Crippen LogP contribution in [-0.2, 0) is 0 Å². The van der Waals surface area contributed by atoms with E-state index in [9.17, 15) is 9.90 Å². The molecule has 0 bridgehead atoms. The zero-order valence-corrected chi connectivity index (χ0v) is 14.6. The molecule has 1 saturated carbocycles. The van der Waals surface area contributed by atoms with E-state index in [1.54, 1.807) is 6.20 Å². The van der Waals surface area contributed by atoms with Crippen LogP contribution in [0.5, 0.6) is 0 Å². The van der Waals surface area contributed by atoms with Crippen LogP contribution in [0.1, 0.15) is 55.4 Å². The number of carbonyl (C=O) groups excluding carboxylic acids is 1. The van der Waals surface area contributed by atoms with Gasteiger partial charge in [0.2, 0.25) is 0 Å². The number of anilines is 1. The topological polar surface area (TPSA) is 79.2 Å². The highest BCUT2D eigenvalue weighted by atomic mass is 16.3. The molecule has 1 unspecified atom stereocenters. The molecule has 0 saturated heterocycles. The van der Waals surface area contributed by atoms with E-state index in [0.717, 1.165) is 24.0 Å². The minimum Gasteiger partial charge on any atom is -0.387 e. The molecule has 1 aromatic heterocycles. The van der Waals surface area contributed by atoms with Crippen molar-refractivity contribution in [3.63, 3.8) is 0 Å². The van der Waals surface area contributed by atoms with Gasteiger partial charge in [0.25, 0.3) is 0 Å². The molecule has 3 rings (SSSR count). The van der Waals surface area contributed by atoms with E-state index in [0.29, 0.717) is 11.9 Å². The van der Waals surface area contributed by atoms with Crippen LogP contribution in [0.2, 0.25) is 0 Å². The largest absolute Gasteiger partial charge is 0.387 e. The van der Waals surface area contributed by atoms with Gasteiger partial charge in [-0.3, -0.25) is 5.32 Å². The van der Waals surface area contributed by atoms with Gasteiger partial charge in [0.1, 0.15) is 5.82 Å². The second-order valence-electron chi connectivity index (χ2n) is 6.66. The molecular formula is C19H26N4O2. The zero-order valence-electron chi connectivity index (χ0n) is 14.6. The van der Waals surface area contributed by atoms with E-state index in [-0.39, 0.29) is 12.6 Å². The molecule has 25 heavy (non-hydrogen) atoms. The quantitative estimate of drug-likeness (QED) is 0.777. The summed E-state index contributed by atoms with van der Waals surface area (Å²) in [5.41, 5.74) is 1.84. The second kappa shape index (κ2) is 8.16. The van der Waals surface area contributed by atoms with Gasteiger partial charge in [-0.25, -0.2) is 9.48 Å². The number of hydrogen-bond donors (Lipinski definition) is 3. The SMILES string of the molecule is Cc1ccccc1C(O)CNC(=O)Nc1ccnn1C1CCCCC1. The van der Waals surface area contributed by atoms with E-state index in [1.165, 1.54) is 19.3 Å². The fourth-order valence-corrected chi connectivity index (χ4v) is 3.45. The van der Waals surface area contributed by atoms with Crippen LogP contribution in [0.4, 0.5) is 10.6 Å². The van der Waals surface area contributed by atoms with Crippen molar-refractivity contribution in [1.29, 1.82) is 0 Å². The van der Waals surface area contributed by atoms with Gasteiger partial charge in [0.15, 0.2) is 0 Å². The molecule has 1 heterocycles. The Hall–Kier alpha value is -2.34. The first-order valence-electron chi connectivity index (χ1n) is 8.97. The molecule has 6 heteroatoms. The standard InChI is InChI=1S/C19H26N4O2/c1-14-7-5-6-10-16(14)17(24)13-20-19(25)22-18-11-12-21-23(18)15-8-3-2-4-9-15/h5-7,10-12,15,17,24H,2-4,8-9,13H2,1H3,(H2,20,22,25). The lowest BCUT2D eigenvalue weighted by molar-refractivity contribution is 0.174. The third-order valence-electron chi connectivity index (χ3n) is 4.84. The number of rotatable bonds is 5. The molecule has 134 valence electrons. The van der Waals surface area contributed by atoms with Crippen LogP contribution in [0.3, 0.4) is 0 Å². The van der Waals surface area contributed by atoms with Gasteiger partial charge in [0, 0.05) is 12.6 Å². The number of urea groups is 1. The molecule has 1 fully saturated rings. The summed E-state index contributed by atoms with van der Waals surface area (Å²) in [4.78, 5) is 12.2. The first kappa shape index (κ1) is 17.5. The zero-order chi connectivity index (χ0) is 17.6. The van der Waals surface area contributed by atoms with Gasteiger partial charge in [0.05, 0.1) is 18.3 Å². The highest BCUT2D eigenvalue weighted by Gasteiger charge is 2.19. The smallest absolute Gasteiger partial charge is 0.320 e. The first-order chi connectivity index (χ1) is 12.1. The number of aliphatic hydroxyl groups is 1. The van der Waals surface area contributed by atoms with Crippen LogP contribution >= 0.6 is 0 Å². The average Bonchev–Trinajstić information content (AvgIpc) is 3.09. The highest BCUT2D eigenvalue weighted by Crippen LogP contribution is 2.29. The lowest BCUT2D eigenvalue weighted by Crippen LogP contribution is -2.33. The summed E-state index contributed by atoms with van der Waals surface area (Å²) < 4.78 is 1.91. The van der Waals surface area contributed by atoms with Crippen molar-refractivity contribution in [2.24, 2.45) is 0 Å². The molecule has 1 atom stereocenters. The molecule has 1 aromatic carbocycles. The third kappa shape index (κ3) is 4.39. The molecule has 0 aliphatic heterocycles. The van der Waals surface area contributed by atoms with Crippen molar-refractivity contribution >= 4 is 11.8 Å². The number of carbonyl (C=O) groups is 1. The number of amides is 2. The molecule has 3 N–H and O–H groups in total. The minimum atomic E-state index is -0.727. The van der Waals surface area contributed by atoms with Crippen LogP contribution in [0, 0.1) is 6.92 Å². The van der Waals surface area contributed by atoms with Crippen LogP contribution in [0.15, 0.2) is 36.5 Å². The number of aliphatic hydroxyl groups excluding tert-OH is 1. The normalized spacial score (nSPS) is 16.4.